The van der Waals surface area contributed by atoms with Gasteiger partial charge < -0.3 is 10.9 Å². The van der Waals surface area contributed by atoms with Crippen molar-refractivity contribution in [1.29, 1.82) is 0 Å². The second kappa shape index (κ2) is 6.06. The molecule has 0 aliphatic carbocycles. The number of nitrogens with two attached hydrogens (primary N) is 1. The second-order valence-electron chi connectivity index (χ2n) is 5.53. The molecule has 4 heteroatoms. The molecule has 0 aromatic heterocycles. The Morgan fingerprint density at radius 2 is 2.26 bits per heavy atom. The van der Waals surface area contributed by atoms with Crippen molar-refractivity contribution in [3.8, 4) is 0 Å². The normalized spacial score (nSPS) is 21.6. The van der Waals surface area contributed by atoms with Gasteiger partial charge in [-0.15, -0.1) is 0 Å². The van der Waals surface area contributed by atoms with E-state index >= 15 is 0 Å². The maximum absolute atomic E-state index is 8.79. The highest BCUT2D eigenvalue weighted by molar-refractivity contribution is 5.82. The van der Waals surface area contributed by atoms with Gasteiger partial charge in [0.1, 0.15) is 5.84 Å². The van der Waals surface area contributed by atoms with Crippen molar-refractivity contribution in [3.05, 3.63) is 34.9 Å². The van der Waals surface area contributed by atoms with Crippen LogP contribution >= 0.6 is 0 Å². The maximum Gasteiger partial charge on any atom is 0.143 e. The molecule has 1 aromatic carbocycles. The predicted molar refractivity (Wildman–Crippen MR) is 77.3 cm³/mol. The van der Waals surface area contributed by atoms with Gasteiger partial charge in [-0.3, -0.25) is 4.90 Å². The molecule has 1 aliphatic heterocycles. The Morgan fingerprint density at radius 1 is 1.47 bits per heavy atom. The standard InChI is InChI=1S/C15H23N3O/c1-11-5-6-12(2)14(8-11)10-18-7-3-4-13(9-18)15(16)17-19/h5-6,8,13,19H,3-4,7,9-10H2,1-2H3,(H2,16,17). The Morgan fingerprint density at radius 3 is 3.00 bits per heavy atom. The quantitative estimate of drug-likeness (QED) is 0.380. The molecule has 0 amide bonds. The smallest absolute Gasteiger partial charge is 0.143 e. The minimum Gasteiger partial charge on any atom is -0.409 e. The van der Waals surface area contributed by atoms with E-state index in [4.69, 9.17) is 10.9 Å². The average molecular weight is 261 g/mol. The number of hydrogen-bond donors (Lipinski definition) is 2. The van der Waals surface area contributed by atoms with Crippen LogP contribution in [0.3, 0.4) is 0 Å². The maximum atomic E-state index is 8.79. The van der Waals surface area contributed by atoms with Crippen LogP contribution in [0.1, 0.15) is 29.5 Å². The van der Waals surface area contributed by atoms with Crippen LogP contribution in [0.15, 0.2) is 23.4 Å². The number of amidine groups is 1. The summed E-state index contributed by atoms with van der Waals surface area (Å²) in [6.07, 6.45) is 2.12. The van der Waals surface area contributed by atoms with Crippen molar-refractivity contribution in [2.75, 3.05) is 13.1 Å². The monoisotopic (exact) mass is 261 g/mol. The van der Waals surface area contributed by atoms with Crippen LogP contribution in [0.2, 0.25) is 0 Å². The first-order valence-electron chi connectivity index (χ1n) is 6.86. The minimum absolute atomic E-state index is 0.184. The van der Waals surface area contributed by atoms with Gasteiger partial charge in [-0.25, -0.2) is 0 Å². The largest absolute Gasteiger partial charge is 0.409 e. The van der Waals surface area contributed by atoms with Crippen LogP contribution in [0.4, 0.5) is 0 Å². The van der Waals surface area contributed by atoms with E-state index in [1.54, 1.807) is 0 Å². The van der Waals surface area contributed by atoms with E-state index in [1.165, 1.54) is 16.7 Å². The van der Waals surface area contributed by atoms with Crippen LogP contribution in [0.25, 0.3) is 0 Å². The first-order chi connectivity index (χ1) is 9.10. The van der Waals surface area contributed by atoms with E-state index in [1.807, 2.05) is 0 Å². The van der Waals surface area contributed by atoms with Crippen molar-refractivity contribution >= 4 is 5.84 Å². The van der Waals surface area contributed by atoms with Crippen LogP contribution in [-0.2, 0) is 6.54 Å². The molecular weight excluding hydrogens is 238 g/mol. The first kappa shape index (κ1) is 13.9. The van der Waals surface area contributed by atoms with Crippen molar-refractivity contribution in [3.63, 3.8) is 0 Å². The molecule has 0 bridgehead atoms. The first-order valence-corrected chi connectivity index (χ1v) is 6.86. The molecule has 4 nitrogen and oxygen atoms in total. The molecule has 0 radical (unpaired) electrons. The summed E-state index contributed by atoms with van der Waals surface area (Å²) in [5.41, 5.74) is 9.73. The van der Waals surface area contributed by atoms with E-state index in [9.17, 15) is 0 Å². The molecule has 104 valence electrons. The lowest BCUT2D eigenvalue weighted by Gasteiger charge is -2.32. The Hall–Kier alpha value is -1.55. The van der Waals surface area contributed by atoms with Gasteiger partial charge in [0.25, 0.3) is 0 Å². The van der Waals surface area contributed by atoms with Crippen LogP contribution in [0, 0.1) is 19.8 Å². The van der Waals surface area contributed by atoms with Gasteiger partial charge in [-0.05, 0) is 44.4 Å². The molecule has 1 aliphatic rings. The van der Waals surface area contributed by atoms with Crippen molar-refractivity contribution in [1.82, 2.24) is 4.90 Å². The summed E-state index contributed by atoms with van der Waals surface area (Å²) in [5, 5.41) is 11.9. The fraction of sp³-hybridized carbons (Fsp3) is 0.533. The summed E-state index contributed by atoms with van der Waals surface area (Å²) in [6.45, 7) is 7.19. The van der Waals surface area contributed by atoms with Gasteiger partial charge in [0.2, 0.25) is 0 Å². The molecule has 1 saturated heterocycles. The third-order valence-corrected chi connectivity index (χ3v) is 3.94. The summed E-state index contributed by atoms with van der Waals surface area (Å²) in [6, 6.07) is 6.58. The minimum atomic E-state index is 0.184. The van der Waals surface area contributed by atoms with E-state index in [-0.39, 0.29) is 5.92 Å². The molecule has 1 fully saturated rings. The topological polar surface area (TPSA) is 61.8 Å². The van der Waals surface area contributed by atoms with E-state index in [0.717, 1.165) is 32.5 Å². The lowest BCUT2D eigenvalue weighted by molar-refractivity contribution is 0.192. The third-order valence-electron chi connectivity index (χ3n) is 3.94. The summed E-state index contributed by atoms with van der Waals surface area (Å²) < 4.78 is 0. The highest BCUT2D eigenvalue weighted by Gasteiger charge is 2.23. The van der Waals surface area contributed by atoms with Crippen molar-refractivity contribution in [2.45, 2.75) is 33.2 Å². The lowest BCUT2D eigenvalue weighted by Crippen LogP contribution is -2.40. The number of nitrogens with zero attached hydrogens (tertiary/aromatic N) is 2. The van der Waals surface area contributed by atoms with Crippen LogP contribution in [0.5, 0.6) is 0 Å². The molecule has 1 aromatic rings. The third kappa shape index (κ3) is 3.47. The number of oxime groups is 1. The van der Waals surface area contributed by atoms with Gasteiger partial charge >= 0.3 is 0 Å². The Balaban J connectivity index is 2.04. The zero-order valence-corrected chi connectivity index (χ0v) is 11.8. The number of hydrogen-bond acceptors (Lipinski definition) is 3. The summed E-state index contributed by atoms with van der Waals surface area (Å²) in [7, 11) is 0. The van der Waals surface area contributed by atoms with E-state index < -0.39 is 0 Å². The number of benzene rings is 1. The molecule has 1 heterocycles. The second-order valence-corrected chi connectivity index (χ2v) is 5.53. The molecule has 0 spiro atoms. The van der Waals surface area contributed by atoms with Crippen LogP contribution < -0.4 is 5.73 Å². The van der Waals surface area contributed by atoms with E-state index in [2.05, 4.69) is 42.1 Å². The summed E-state index contributed by atoms with van der Waals surface area (Å²) >= 11 is 0. The highest BCUT2D eigenvalue weighted by atomic mass is 16.4. The molecule has 1 atom stereocenters. The molecule has 0 saturated carbocycles. The molecule has 1 unspecified atom stereocenters. The Labute approximate surface area is 114 Å². The van der Waals surface area contributed by atoms with Gasteiger partial charge in [-0.1, -0.05) is 28.9 Å². The molecule has 3 N–H and O–H groups in total. The Kier molecular flexibility index (Phi) is 4.43. The summed E-state index contributed by atoms with van der Waals surface area (Å²) in [5.74, 6) is 0.550. The van der Waals surface area contributed by atoms with E-state index in [0.29, 0.717) is 5.84 Å². The zero-order valence-electron chi connectivity index (χ0n) is 11.8. The van der Waals surface area contributed by atoms with Gasteiger partial charge in [0.05, 0.1) is 0 Å². The number of likely N-dealkylation sites (tertiary alicyclic amines) is 1. The highest BCUT2D eigenvalue weighted by Crippen LogP contribution is 2.20. The average Bonchev–Trinajstić information content (AvgIpc) is 2.42. The van der Waals surface area contributed by atoms with Crippen LogP contribution in [-0.4, -0.2) is 29.0 Å². The van der Waals surface area contributed by atoms with Crippen molar-refractivity contribution < 1.29 is 5.21 Å². The zero-order chi connectivity index (χ0) is 13.8. The Bertz CT molecular complexity index is 470. The van der Waals surface area contributed by atoms with Gasteiger partial charge in [0.15, 0.2) is 0 Å². The summed E-state index contributed by atoms with van der Waals surface area (Å²) in [4.78, 5) is 2.40. The fourth-order valence-electron chi connectivity index (χ4n) is 2.73. The molecule has 19 heavy (non-hydrogen) atoms. The number of rotatable bonds is 3. The SMILES string of the molecule is Cc1ccc(C)c(CN2CCCC(C(N)=NO)C2)c1. The fourth-order valence-corrected chi connectivity index (χ4v) is 2.73. The molecule has 2 rings (SSSR count). The van der Waals surface area contributed by atoms with Gasteiger partial charge in [0, 0.05) is 19.0 Å². The molecular formula is C15H23N3O. The van der Waals surface area contributed by atoms with Crippen molar-refractivity contribution in [2.24, 2.45) is 16.8 Å². The number of piperidine rings is 1. The van der Waals surface area contributed by atoms with Gasteiger partial charge in [-0.2, -0.15) is 0 Å². The number of aryl methyl sites for hydroxylation is 2. The lowest BCUT2D eigenvalue weighted by atomic mass is 9.96. The predicted octanol–water partition coefficient (Wildman–Crippen LogP) is 2.26.